The maximum Gasteiger partial charge on any atom is 0.255 e. The lowest BCUT2D eigenvalue weighted by Gasteiger charge is -2.28. The van der Waals surface area contributed by atoms with Crippen LogP contribution in [-0.4, -0.2) is 15.9 Å². The molecule has 1 atom stereocenters. The lowest BCUT2D eigenvalue weighted by atomic mass is 9.86. The van der Waals surface area contributed by atoms with Crippen molar-refractivity contribution in [2.75, 3.05) is 0 Å². The Morgan fingerprint density at radius 2 is 2.35 bits per heavy atom. The van der Waals surface area contributed by atoms with E-state index in [0.717, 1.165) is 0 Å². The maximum atomic E-state index is 13.2. The third-order valence-corrected chi connectivity index (χ3v) is 3.14. The number of halogens is 2. The van der Waals surface area contributed by atoms with Gasteiger partial charge in [-0.1, -0.05) is 0 Å². The zero-order valence-corrected chi connectivity index (χ0v) is 9.38. The van der Waals surface area contributed by atoms with Crippen molar-refractivity contribution >= 4 is 0 Å². The molecule has 17 heavy (non-hydrogen) atoms. The van der Waals surface area contributed by atoms with E-state index in [-0.39, 0.29) is 30.9 Å². The van der Waals surface area contributed by atoms with Crippen LogP contribution in [0.25, 0.3) is 0 Å². The first-order valence-corrected chi connectivity index (χ1v) is 5.68. The molecule has 1 saturated carbocycles. The van der Waals surface area contributed by atoms with Crippen LogP contribution in [-0.2, 0) is 6.54 Å². The van der Waals surface area contributed by atoms with E-state index in [2.05, 4.69) is 9.97 Å². The molecule has 0 saturated heterocycles. The van der Waals surface area contributed by atoms with Crippen LogP contribution < -0.4 is 11.3 Å². The van der Waals surface area contributed by atoms with E-state index in [4.69, 9.17) is 5.73 Å². The number of aromatic nitrogens is 2. The monoisotopic (exact) mass is 243 g/mol. The molecule has 0 aliphatic heterocycles. The third kappa shape index (κ3) is 2.69. The van der Waals surface area contributed by atoms with Crippen LogP contribution in [0.5, 0.6) is 0 Å². The van der Waals surface area contributed by atoms with Crippen molar-refractivity contribution in [2.45, 2.75) is 44.1 Å². The highest BCUT2D eigenvalue weighted by Gasteiger charge is 2.37. The smallest absolute Gasteiger partial charge is 0.255 e. The highest BCUT2D eigenvalue weighted by atomic mass is 19.3. The molecule has 0 radical (unpaired) electrons. The van der Waals surface area contributed by atoms with Crippen LogP contribution in [0.2, 0.25) is 0 Å². The highest BCUT2D eigenvalue weighted by molar-refractivity contribution is 5.08. The number of nitrogens with one attached hydrogen (secondary N) is 1. The lowest BCUT2D eigenvalue weighted by molar-refractivity contribution is -0.0417. The van der Waals surface area contributed by atoms with E-state index in [0.29, 0.717) is 24.2 Å². The Labute approximate surface area is 97.3 Å². The van der Waals surface area contributed by atoms with Crippen molar-refractivity contribution in [3.8, 4) is 0 Å². The summed E-state index contributed by atoms with van der Waals surface area (Å²) in [6.45, 7) is 0.101. The Morgan fingerprint density at radius 3 is 2.94 bits per heavy atom. The Bertz CT molecular complexity index is 458. The van der Waals surface area contributed by atoms with Crippen molar-refractivity contribution in [1.82, 2.24) is 9.97 Å². The molecule has 0 bridgehead atoms. The fourth-order valence-corrected chi connectivity index (χ4v) is 2.19. The summed E-state index contributed by atoms with van der Waals surface area (Å²) in [7, 11) is 0. The lowest BCUT2D eigenvalue weighted by Crippen LogP contribution is -2.28. The number of nitrogens with two attached hydrogens (primary N) is 1. The molecule has 1 unspecified atom stereocenters. The van der Waals surface area contributed by atoms with Gasteiger partial charge in [0.05, 0.1) is 0 Å². The summed E-state index contributed by atoms with van der Waals surface area (Å²) >= 11 is 0. The molecule has 0 amide bonds. The molecule has 0 spiro atoms. The number of H-pyrrole nitrogens is 1. The van der Waals surface area contributed by atoms with Crippen LogP contribution in [0.1, 0.15) is 43.0 Å². The summed E-state index contributed by atoms with van der Waals surface area (Å²) in [5.41, 5.74) is 5.39. The first-order chi connectivity index (χ1) is 8.02. The molecule has 1 aliphatic rings. The van der Waals surface area contributed by atoms with Crippen molar-refractivity contribution < 1.29 is 8.78 Å². The van der Waals surface area contributed by atoms with Gasteiger partial charge in [-0.15, -0.1) is 0 Å². The van der Waals surface area contributed by atoms with Crippen molar-refractivity contribution in [3.63, 3.8) is 0 Å². The Balaban J connectivity index is 2.23. The molecule has 1 aromatic heterocycles. The van der Waals surface area contributed by atoms with Crippen molar-refractivity contribution in [3.05, 3.63) is 27.9 Å². The first kappa shape index (κ1) is 12.2. The average Bonchev–Trinajstić information content (AvgIpc) is 2.27. The van der Waals surface area contributed by atoms with Crippen LogP contribution in [0.15, 0.2) is 11.0 Å². The molecule has 2 rings (SSSR count). The zero-order chi connectivity index (χ0) is 12.5. The summed E-state index contributed by atoms with van der Waals surface area (Å²) in [6, 6.07) is 0. The van der Waals surface area contributed by atoms with Gasteiger partial charge in [0.25, 0.3) is 5.56 Å². The van der Waals surface area contributed by atoms with Gasteiger partial charge in [-0.05, 0) is 12.8 Å². The molecule has 1 fully saturated rings. The van der Waals surface area contributed by atoms with E-state index in [1.54, 1.807) is 0 Å². The van der Waals surface area contributed by atoms with Gasteiger partial charge < -0.3 is 10.7 Å². The summed E-state index contributed by atoms with van der Waals surface area (Å²) in [4.78, 5) is 18.1. The van der Waals surface area contributed by atoms with Crippen LogP contribution >= 0.6 is 0 Å². The largest absolute Gasteiger partial charge is 0.326 e. The first-order valence-electron chi connectivity index (χ1n) is 5.68. The second-order valence-electron chi connectivity index (χ2n) is 4.48. The summed E-state index contributed by atoms with van der Waals surface area (Å²) < 4.78 is 26.5. The number of hydrogen-bond acceptors (Lipinski definition) is 3. The minimum atomic E-state index is -2.64. The maximum absolute atomic E-state index is 13.2. The molecule has 6 heteroatoms. The molecule has 1 heterocycles. The van der Waals surface area contributed by atoms with Crippen molar-refractivity contribution in [2.24, 2.45) is 5.73 Å². The predicted molar refractivity (Wildman–Crippen MR) is 58.9 cm³/mol. The van der Waals surface area contributed by atoms with Crippen LogP contribution in [0, 0.1) is 0 Å². The van der Waals surface area contributed by atoms with Gasteiger partial charge in [0, 0.05) is 37.1 Å². The van der Waals surface area contributed by atoms with Gasteiger partial charge in [0.2, 0.25) is 5.92 Å². The third-order valence-electron chi connectivity index (χ3n) is 3.14. The van der Waals surface area contributed by atoms with Crippen LogP contribution in [0.4, 0.5) is 8.78 Å². The molecule has 0 aromatic carbocycles. The number of nitrogens with zero attached hydrogens (tertiary/aromatic N) is 1. The van der Waals surface area contributed by atoms with Crippen molar-refractivity contribution in [1.29, 1.82) is 0 Å². The zero-order valence-electron chi connectivity index (χ0n) is 9.38. The van der Waals surface area contributed by atoms with E-state index < -0.39 is 5.92 Å². The number of alkyl halides is 2. The van der Waals surface area contributed by atoms with Gasteiger partial charge in [0.15, 0.2) is 0 Å². The normalized spacial score (nSPS) is 23.6. The molecule has 3 N–H and O–H groups in total. The second-order valence-corrected chi connectivity index (χ2v) is 4.48. The summed E-state index contributed by atoms with van der Waals surface area (Å²) in [6.07, 6.45) is 2.16. The van der Waals surface area contributed by atoms with E-state index in [1.165, 1.54) is 6.20 Å². The molecule has 4 nitrogen and oxygen atoms in total. The summed E-state index contributed by atoms with van der Waals surface area (Å²) in [5.74, 6) is -2.65. The Kier molecular flexibility index (Phi) is 3.24. The SMILES string of the molecule is NCc1cnc(C2CCCC(F)(F)C2)[nH]c1=O. The Morgan fingerprint density at radius 1 is 1.59 bits per heavy atom. The Hall–Kier alpha value is -1.30. The topological polar surface area (TPSA) is 71.8 Å². The predicted octanol–water partition coefficient (Wildman–Crippen LogP) is 1.52. The molecule has 94 valence electrons. The molecule has 1 aromatic rings. The van der Waals surface area contributed by atoms with Gasteiger partial charge >= 0.3 is 0 Å². The number of rotatable bonds is 2. The van der Waals surface area contributed by atoms with E-state index in [1.807, 2.05) is 0 Å². The molecular formula is C11H15F2N3O. The fraction of sp³-hybridized carbons (Fsp3) is 0.636. The van der Waals surface area contributed by atoms with Gasteiger partial charge in [-0.3, -0.25) is 4.79 Å². The quantitative estimate of drug-likeness (QED) is 0.827. The standard InChI is InChI=1S/C11H15F2N3O/c12-11(13)3-1-2-7(4-11)9-15-6-8(5-14)10(17)16-9/h6-7H,1-5,14H2,(H,15,16,17). The highest BCUT2D eigenvalue weighted by Crippen LogP contribution is 2.40. The van der Waals surface area contributed by atoms with Gasteiger partial charge in [-0.25, -0.2) is 13.8 Å². The minimum absolute atomic E-state index is 0.0748. The second kappa shape index (κ2) is 4.52. The van der Waals surface area contributed by atoms with E-state index >= 15 is 0 Å². The van der Waals surface area contributed by atoms with Gasteiger partial charge in [0.1, 0.15) is 5.82 Å². The fourth-order valence-electron chi connectivity index (χ4n) is 2.19. The van der Waals surface area contributed by atoms with E-state index in [9.17, 15) is 13.6 Å². The number of aromatic amines is 1. The molecule has 1 aliphatic carbocycles. The average molecular weight is 243 g/mol. The van der Waals surface area contributed by atoms with Crippen LogP contribution in [0.3, 0.4) is 0 Å². The molecular weight excluding hydrogens is 228 g/mol. The number of hydrogen-bond donors (Lipinski definition) is 2. The van der Waals surface area contributed by atoms with Gasteiger partial charge in [-0.2, -0.15) is 0 Å². The summed E-state index contributed by atoms with van der Waals surface area (Å²) in [5, 5.41) is 0. The minimum Gasteiger partial charge on any atom is -0.326 e.